The standard InChI is InChI=1S/C15H16N2O3/c16-13-8-4-7-12(14(13)19)15(20)17(9-10-18)11-5-2-1-3-6-11/h1-8,18-19H,9-10,16H2. The van der Waals surface area contributed by atoms with Crippen LogP contribution in [0.3, 0.4) is 0 Å². The lowest BCUT2D eigenvalue weighted by molar-refractivity contribution is 0.0978. The number of aliphatic hydroxyl groups excluding tert-OH is 1. The van der Waals surface area contributed by atoms with Crippen molar-refractivity contribution in [2.24, 2.45) is 0 Å². The fourth-order valence-corrected chi connectivity index (χ4v) is 1.94. The number of benzene rings is 2. The van der Waals surface area contributed by atoms with Crippen LogP contribution in [0.25, 0.3) is 0 Å². The van der Waals surface area contributed by atoms with Crippen molar-refractivity contribution in [3.8, 4) is 5.75 Å². The van der Waals surface area contributed by atoms with Gasteiger partial charge in [-0.15, -0.1) is 0 Å². The SMILES string of the molecule is Nc1cccc(C(=O)N(CCO)c2ccccc2)c1O. The molecule has 0 aliphatic carbocycles. The largest absolute Gasteiger partial charge is 0.505 e. The lowest BCUT2D eigenvalue weighted by Gasteiger charge is -2.22. The maximum absolute atomic E-state index is 12.5. The van der Waals surface area contributed by atoms with Crippen molar-refractivity contribution in [2.75, 3.05) is 23.8 Å². The minimum absolute atomic E-state index is 0.113. The molecule has 5 nitrogen and oxygen atoms in total. The number of anilines is 2. The van der Waals surface area contributed by atoms with Gasteiger partial charge in [0, 0.05) is 12.2 Å². The highest BCUT2D eigenvalue weighted by atomic mass is 16.3. The van der Waals surface area contributed by atoms with E-state index in [1.165, 1.54) is 17.0 Å². The van der Waals surface area contributed by atoms with Gasteiger partial charge in [0.15, 0.2) is 5.75 Å². The third-order valence-corrected chi connectivity index (χ3v) is 2.93. The Labute approximate surface area is 116 Å². The first kappa shape index (κ1) is 13.9. The van der Waals surface area contributed by atoms with E-state index in [4.69, 9.17) is 10.8 Å². The zero-order valence-corrected chi connectivity index (χ0v) is 10.9. The number of amides is 1. The second-order valence-electron chi connectivity index (χ2n) is 4.26. The molecule has 0 bridgehead atoms. The van der Waals surface area contributed by atoms with Crippen molar-refractivity contribution >= 4 is 17.3 Å². The summed E-state index contributed by atoms with van der Waals surface area (Å²) in [5.74, 6) is -0.647. The monoisotopic (exact) mass is 272 g/mol. The van der Waals surface area contributed by atoms with E-state index in [9.17, 15) is 9.90 Å². The summed E-state index contributed by atoms with van der Waals surface area (Å²) in [6.07, 6.45) is 0. The summed E-state index contributed by atoms with van der Waals surface area (Å²) in [4.78, 5) is 13.9. The average molecular weight is 272 g/mol. The van der Waals surface area contributed by atoms with Crippen LogP contribution >= 0.6 is 0 Å². The van der Waals surface area contributed by atoms with Gasteiger partial charge in [-0.1, -0.05) is 24.3 Å². The summed E-state index contributed by atoms with van der Waals surface area (Å²) in [6, 6.07) is 13.6. The topological polar surface area (TPSA) is 86.8 Å². The summed E-state index contributed by atoms with van der Waals surface area (Å²) in [5, 5.41) is 19.0. The third kappa shape index (κ3) is 2.73. The number of nitrogens with two attached hydrogens (primary N) is 1. The van der Waals surface area contributed by atoms with Gasteiger partial charge in [0.1, 0.15) is 0 Å². The lowest BCUT2D eigenvalue weighted by atomic mass is 10.1. The Balaban J connectivity index is 2.39. The maximum Gasteiger partial charge on any atom is 0.262 e. The molecule has 20 heavy (non-hydrogen) atoms. The van der Waals surface area contributed by atoms with Crippen molar-refractivity contribution < 1.29 is 15.0 Å². The van der Waals surface area contributed by atoms with Gasteiger partial charge < -0.3 is 20.8 Å². The van der Waals surface area contributed by atoms with Gasteiger partial charge in [-0.2, -0.15) is 0 Å². The highest BCUT2D eigenvalue weighted by Gasteiger charge is 2.20. The van der Waals surface area contributed by atoms with Gasteiger partial charge in [-0.05, 0) is 24.3 Å². The summed E-state index contributed by atoms with van der Waals surface area (Å²) < 4.78 is 0. The van der Waals surface area contributed by atoms with Gasteiger partial charge >= 0.3 is 0 Å². The molecule has 0 aliphatic rings. The highest BCUT2D eigenvalue weighted by Crippen LogP contribution is 2.27. The highest BCUT2D eigenvalue weighted by molar-refractivity contribution is 6.08. The molecule has 5 heteroatoms. The van der Waals surface area contributed by atoms with Crippen LogP contribution in [0.5, 0.6) is 5.75 Å². The number of hydrogen-bond acceptors (Lipinski definition) is 4. The molecule has 104 valence electrons. The number of phenolic OH excluding ortho intramolecular Hbond substituents is 1. The predicted octanol–water partition coefficient (Wildman–Crippen LogP) is 1.61. The minimum atomic E-state index is -0.407. The second-order valence-corrected chi connectivity index (χ2v) is 4.26. The van der Waals surface area contributed by atoms with Crippen LogP contribution in [0.15, 0.2) is 48.5 Å². The van der Waals surface area contributed by atoms with Crippen molar-refractivity contribution in [3.05, 3.63) is 54.1 Å². The number of phenols is 1. The Morgan fingerprint density at radius 3 is 2.45 bits per heavy atom. The first-order valence-corrected chi connectivity index (χ1v) is 6.20. The van der Waals surface area contributed by atoms with E-state index in [2.05, 4.69) is 0 Å². The van der Waals surface area contributed by atoms with Crippen molar-refractivity contribution in [1.82, 2.24) is 0 Å². The molecule has 0 radical (unpaired) electrons. The van der Waals surface area contributed by atoms with Crippen LogP contribution in [-0.2, 0) is 0 Å². The molecule has 0 unspecified atom stereocenters. The third-order valence-electron chi connectivity index (χ3n) is 2.93. The average Bonchev–Trinajstić information content (AvgIpc) is 2.48. The molecular weight excluding hydrogens is 256 g/mol. The molecule has 0 atom stereocenters. The van der Waals surface area contributed by atoms with Gasteiger partial charge in [0.05, 0.1) is 17.9 Å². The Kier molecular flexibility index (Phi) is 4.22. The Bertz CT molecular complexity index is 599. The molecule has 2 aromatic carbocycles. The predicted molar refractivity (Wildman–Crippen MR) is 77.7 cm³/mol. The van der Waals surface area contributed by atoms with E-state index in [1.54, 1.807) is 30.3 Å². The second kappa shape index (κ2) is 6.08. The smallest absolute Gasteiger partial charge is 0.262 e. The molecule has 0 aliphatic heterocycles. The molecule has 0 saturated carbocycles. The van der Waals surface area contributed by atoms with Crippen LogP contribution in [0, 0.1) is 0 Å². The Hall–Kier alpha value is -2.53. The minimum Gasteiger partial charge on any atom is -0.505 e. The zero-order chi connectivity index (χ0) is 14.5. The van der Waals surface area contributed by atoms with Crippen LogP contribution in [-0.4, -0.2) is 29.3 Å². The number of carbonyl (C=O) groups is 1. The van der Waals surface area contributed by atoms with E-state index in [1.807, 2.05) is 6.07 Å². The lowest BCUT2D eigenvalue weighted by Crippen LogP contribution is -2.33. The first-order chi connectivity index (χ1) is 9.65. The molecular formula is C15H16N2O3. The molecule has 4 N–H and O–H groups in total. The fraction of sp³-hybridized carbons (Fsp3) is 0.133. The number of aromatic hydroxyl groups is 1. The summed E-state index contributed by atoms with van der Waals surface area (Å²) in [7, 11) is 0. The summed E-state index contributed by atoms with van der Waals surface area (Å²) in [6.45, 7) is -0.0409. The molecule has 0 heterocycles. The van der Waals surface area contributed by atoms with Gasteiger partial charge in [0.2, 0.25) is 0 Å². The van der Waals surface area contributed by atoms with Gasteiger partial charge in [-0.3, -0.25) is 4.79 Å². The molecule has 0 aromatic heterocycles. The van der Waals surface area contributed by atoms with Crippen LogP contribution in [0.1, 0.15) is 10.4 Å². The summed E-state index contributed by atoms with van der Waals surface area (Å²) in [5.41, 5.74) is 6.51. The zero-order valence-electron chi connectivity index (χ0n) is 10.9. The molecule has 0 spiro atoms. The van der Waals surface area contributed by atoms with Gasteiger partial charge in [-0.25, -0.2) is 0 Å². The fourth-order valence-electron chi connectivity index (χ4n) is 1.94. The van der Waals surface area contributed by atoms with E-state index in [0.29, 0.717) is 5.69 Å². The van der Waals surface area contributed by atoms with E-state index in [0.717, 1.165) is 0 Å². The number of rotatable bonds is 4. The normalized spacial score (nSPS) is 10.2. The number of para-hydroxylation sites is 2. The van der Waals surface area contributed by atoms with Crippen molar-refractivity contribution in [1.29, 1.82) is 0 Å². The van der Waals surface area contributed by atoms with Gasteiger partial charge in [0.25, 0.3) is 5.91 Å². The van der Waals surface area contributed by atoms with E-state index in [-0.39, 0.29) is 30.2 Å². The van der Waals surface area contributed by atoms with E-state index < -0.39 is 5.91 Å². The molecule has 2 aromatic rings. The maximum atomic E-state index is 12.5. The van der Waals surface area contributed by atoms with Crippen LogP contribution in [0.4, 0.5) is 11.4 Å². The number of nitrogens with zero attached hydrogens (tertiary/aromatic N) is 1. The van der Waals surface area contributed by atoms with Crippen LogP contribution in [0.2, 0.25) is 0 Å². The Morgan fingerprint density at radius 1 is 1.10 bits per heavy atom. The Morgan fingerprint density at radius 2 is 1.80 bits per heavy atom. The molecule has 2 rings (SSSR count). The number of carbonyl (C=O) groups excluding carboxylic acids is 1. The number of nitrogen functional groups attached to an aromatic ring is 1. The van der Waals surface area contributed by atoms with Crippen LogP contribution < -0.4 is 10.6 Å². The number of hydrogen-bond donors (Lipinski definition) is 3. The van der Waals surface area contributed by atoms with Crippen molar-refractivity contribution in [3.63, 3.8) is 0 Å². The van der Waals surface area contributed by atoms with E-state index >= 15 is 0 Å². The molecule has 0 fully saturated rings. The first-order valence-electron chi connectivity index (χ1n) is 6.20. The van der Waals surface area contributed by atoms with Crippen molar-refractivity contribution in [2.45, 2.75) is 0 Å². The quantitative estimate of drug-likeness (QED) is 0.583. The summed E-state index contributed by atoms with van der Waals surface area (Å²) >= 11 is 0. The number of aliphatic hydroxyl groups is 1. The molecule has 0 saturated heterocycles. The molecule has 1 amide bonds.